The molecule has 1 aliphatic rings. The summed E-state index contributed by atoms with van der Waals surface area (Å²) >= 11 is 0. The topological polar surface area (TPSA) is 53.5 Å². The van der Waals surface area contributed by atoms with Crippen molar-refractivity contribution in [2.45, 2.75) is 32.7 Å². The highest BCUT2D eigenvalue weighted by molar-refractivity contribution is 5.78. The van der Waals surface area contributed by atoms with Crippen molar-refractivity contribution >= 4 is 11.8 Å². The average molecular weight is 275 g/mol. The van der Waals surface area contributed by atoms with Crippen LogP contribution in [0.3, 0.4) is 0 Å². The van der Waals surface area contributed by atoms with Gasteiger partial charge in [-0.25, -0.2) is 0 Å². The van der Waals surface area contributed by atoms with Crippen molar-refractivity contribution in [2.75, 3.05) is 19.6 Å². The van der Waals surface area contributed by atoms with E-state index in [-0.39, 0.29) is 11.8 Å². The maximum atomic E-state index is 12.0. The van der Waals surface area contributed by atoms with E-state index in [1.165, 1.54) is 6.92 Å². The van der Waals surface area contributed by atoms with E-state index in [0.29, 0.717) is 19.5 Å². The van der Waals surface area contributed by atoms with Crippen molar-refractivity contribution in [3.05, 3.63) is 30.1 Å². The molecule has 0 spiro atoms. The van der Waals surface area contributed by atoms with Gasteiger partial charge in [0.15, 0.2) is 0 Å². The maximum Gasteiger partial charge on any atom is 0.224 e. The third-order valence-electron chi connectivity index (χ3n) is 3.60. The SMILES string of the molecule is CC(=O)N(CCC(=O)N1CCCC1)Cc1cccnc1. The fraction of sp³-hybridized carbons (Fsp3) is 0.533. The van der Waals surface area contributed by atoms with Gasteiger partial charge in [-0.05, 0) is 24.5 Å². The summed E-state index contributed by atoms with van der Waals surface area (Å²) in [5.41, 5.74) is 0.983. The quantitative estimate of drug-likeness (QED) is 0.817. The minimum absolute atomic E-state index is 0.0110. The van der Waals surface area contributed by atoms with Crippen LogP contribution in [0.1, 0.15) is 31.7 Å². The molecule has 1 fully saturated rings. The number of hydrogen-bond acceptors (Lipinski definition) is 3. The Kier molecular flexibility index (Phi) is 5.09. The highest BCUT2D eigenvalue weighted by Crippen LogP contribution is 2.10. The highest BCUT2D eigenvalue weighted by Gasteiger charge is 2.19. The van der Waals surface area contributed by atoms with Gasteiger partial charge in [0.2, 0.25) is 11.8 Å². The molecule has 0 aliphatic carbocycles. The van der Waals surface area contributed by atoms with Crippen LogP contribution < -0.4 is 0 Å². The fourth-order valence-corrected chi connectivity index (χ4v) is 2.42. The van der Waals surface area contributed by atoms with Crippen molar-refractivity contribution in [2.24, 2.45) is 0 Å². The van der Waals surface area contributed by atoms with Crippen molar-refractivity contribution in [3.8, 4) is 0 Å². The molecule has 5 heteroatoms. The molecule has 0 N–H and O–H groups in total. The lowest BCUT2D eigenvalue weighted by Gasteiger charge is -2.22. The van der Waals surface area contributed by atoms with E-state index in [0.717, 1.165) is 31.5 Å². The molecule has 1 saturated heterocycles. The molecule has 20 heavy (non-hydrogen) atoms. The number of pyridine rings is 1. The van der Waals surface area contributed by atoms with E-state index in [9.17, 15) is 9.59 Å². The zero-order chi connectivity index (χ0) is 14.4. The lowest BCUT2D eigenvalue weighted by Crippen LogP contribution is -2.34. The molecule has 0 aromatic carbocycles. The zero-order valence-electron chi connectivity index (χ0n) is 11.9. The first-order valence-electron chi connectivity index (χ1n) is 7.09. The number of carbonyl (C=O) groups is 2. The van der Waals surface area contributed by atoms with E-state index in [2.05, 4.69) is 4.98 Å². The number of rotatable bonds is 5. The molecule has 0 atom stereocenters. The molecule has 0 bridgehead atoms. The van der Waals surface area contributed by atoms with Gasteiger partial charge >= 0.3 is 0 Å². The molecular formula is C15H21N3O2. The number of nitrogens with zero attached hydrogens (tertiary/aromatic N) is 3. The van der Waals surface area contributed by atoms with Gasteiger partial charge in [-0.15, -0.1) is 0 Å². The van der Waals surface area contributed by atoms with E-state index in [1.54, 1.807) is 17.3 Å². The van der Waals surface area contributed by atoms with Crippen LogP contribution in [0.2, 0.25) is 0 Å². The van der Waals surface area contributed by atoms with Crippen LogP contribution in [0.5, 0.6) is 0 Å². The van der Waals surface area contributed by atoms with Gasteiger partial charge in [-0.1, -0.05) is 6.07 Å². The third kappa shape index (κ3) is 4.05. The summed E-state index contributed by atoms with van der Waals surface area (Å²) in [6.45, 7) is 4.25. The molecule has 2 heterocycles. The summed E-state index contributed by atoms with van der Waals surface area (Å²) < 4.78 is 0. The first kappa shape index (κ1) is 14.5. The van der Waals surface area contributed by atoms with Crippen LogP contribution in [-0.2, 0) is 16.1 Å². The van der Waals surface area contributed by atoms with Crippen LogP contribution >= 0.6 is 0 Å². The first-order chi connectivity index (χ1) is 9.66. The lowest BCUT2D eigenvalue weighted by atomic mass is 10.2. The standard InChI is InChI=1S/C15H21N3O2/c1-13(19)18(12-14-5-4-7-16-11-14)10-6-15(20)17-8-2-3-9-17/h4-5,7,11H,2-3,6,8-10,12H2,1H3. The van der Waals surface area contributed by atoms with Crippen LogP contribution in [-0.4, -0.2) is 46.2 Å². The van der Waals surface area contributed by atoms with Crippen LogP contribution in [0.25, 0.3) is 0 Å². The molecule has 0 radical (unpaired) electrons. The third-order valence-corrected chi connectivity index (χ3v) is 3.60. The molecule has 2 rings (SSSR count). The van der Waals surface area contributed by atoms with Gasteiger partial charge in [-0.2, -0.15) is 0 Å². The number of carbonyl (C=O) groups excluding carboxylic acids is 2. The molecule has 108 valence electrons. The Bertz CT molecular complexity index is 455. The van der Waals surface area contributed by atoms with E-state index in [1.807, 2.05) is 17.0 Å². The second-order valence-electron chi connectivity index (χ2n) is 5.14. The van der Waals surface area contributed by atoms with Gasteiger partial charge in [0.25, 0.3) is 0 Å². The maximum absolute atomic E-state index is 12.0. The monoisotopic (exact) mass is 275 g/mol. The predicted octanol–water partition coefficient (Wildman–Crippen LogP) is 1.44. The average Bonchev–Trinajstić information content (AvgIpc) is 2.98. The molecule has 0 unspecified atom stereocenters. The fourth-order valence-electron chi connectivity index (χ4n) is 2.42. The largest absolute Gasteiger partial charge is 0.343 e. The van der Waals surface area contributed by atoms with Crippen molar-refractivity contribution < 1.29 is 9.59 Å². The van der Waals surface area contributed by atoms with Gasteiger partial charge in [-0.3, -0.25) is 14.6 Å². The predicted molar refractivity (Wildman–Crippen MR) is 75.8 cm³/mol. The summed E-state index contributed by atoms with van der Waals surface area (Å²) in [6.07, 6.45) is 6.05. The van der Waals surface area contributed by atoms with E-state index in [4.69, 9.17) is 0 Å². The van der Waals surface area contributed by atoms with Gasteiger partial charge in [0.05, 0.1) is 0 Å². The molecule has 5 nitrogen and oxygen atoms in total. The van der Waals surface area contributed by atoms with Crippen molar-refractivity contribution in [1.29, 1.82) is 0 Å². The summed E-state index contributed by atoms with van der Waals surface area (Å²) in [5, 5.41) is 0. The summed E-state index contributed by atoms with van der Waals surface area (Å²) in [7, 11) is 0. The van der Waals surface area contributed by atoms with Crippen LogP contribution in [0.4, 0.5) is 0 Å². The molecule has 1 aromatic rings. The number of hydrogen-bond donors (Lipinski definition) is 0. The Morgan fingerprint density at radius 1 is 1.35 bits per heavy atom. The minimum atomic E-state index is -0.0110. The van der Waals surface area contributed by atoms with E-state index < -0.39 is 0 Å². The summed E-state index contributed by atoms with van der Waals surface area (Å²) in [4.78, 5) is 31.3. The minimum Gasteiger partial charge on any atom is -0.343 e. The molecular weight excluding hydrogens is 254 g/mol. The Labute approximate surface area is 119 Å². The molecule has 2 amide bonds. The molecule has 0 saturated carbocycles. The first-order valence-corrected chi connectivity index (χ1v) is 7.09. The normalized spacial score (nSPS) is 14.3. The smallest absolute Gasteiger partial charge is 0.224 e. The Hall–Kier alpha value is -1.91. The number of aromatic nitrogens is 1. The Balaban J connectivity index is 1.86. The second kappa shape index (κ2) is 7.03. The molecule has 1 aromatic heterocycles. The second-order valence-corrected chi connectivity index (χ2v) is 5.14. The summed E-state index contributed by atoms with van der Waals surface area (Å²) in [6, 6.07) is 3.79. The van der Waals surface area contributed by atoms with Gasteiger partial charge in [0.1, 0.15) is 0 Å². The van der Waals surface area contributed by atoms with Crippen molar-refractivity contribution in [1.82, 2.24) is 14.8 Å². The van der Waals surface area contributed by atoms with Gasteiger partial charge < -0.3 is 9.80 Å². The van der Waals surface area contributed by atoms with E-state index >= 15 is 0 Å². The van der Waals surface area contributed by atoms with Gasteiger partial charge in [0, 0.05) is 51.9 Å². The highest BCUT2D eigenvalue weighted by atomic mass is 16.2. The summed E-state index contributed by atoms with van der Waals surface area (Å²) in [5.74, 6) is 0.142. The van der Waals surface area contributed by atoms with Crippen molar-refractivity contribution in [3.63, 3.8) is 0 Å². The zero-order valence-corrected chi connectivity index (χ0v) is 11.9. The van der Waals surface area contributed by atoms with Crippen LogP contribution in [0, 0.1) is 0 Å². The molecule has 1 aliphatic heterocycles. The lowest BCUT2D eigenvalue weighted by molar-refractivity contribution is -0.133. The number of amides is 2. The Morgan fingerprint density at radius 2 is 2.10 bits per heavy atom. The number of likely N-dealkylation sites (tertiary alicyclic amines) is 1. The van der Waals surface area contributed by atoms with Crippen LogP contribution in [0.15, 0.2) is 24.5 Å². The Morgan fingerprint density at radius 3 is 2.70 bits per heavy atom.